The number of nitrogens with one attached hydrogen (secondary N) is 1. The van der Waals surface area contributed by atoms with Gasteiger partial charge in [0.1, 0.15) is 5.75 Å². The lowest BCUT2D eigenvalue weighted by Gasteiger charge is -2.12. The number of ether oxygens (including phenoxy) is 3. The number of para-hydroxylation sites is 2. The fourth-order valence-electron chi connectivity index (χ4n) is 2.66. The molecule has 0 aliphatic heterocycles. The Balaban J connectivity index is 1.74. The Morgan fingerprint density at radius 3 is 2.57 bits per heavy atom. The van der Waals surface area contributed by atoms with Gasteiger partial charge in [0, 0.05) is 22.6 Å². The van der Waals surface area contributed by atoms with Gasteiger partial charge in [0.2, 0.25) is 5.91 Å². The van der Waals surface area contributed by atoms with Gasteiger partial charge in [-0.05, 0) is 24.3 Å². The number of rotatable bonds is 8. The van der Waals surface area contributed by atoms with E-state index in [1.165, 1.54) is 42.7 Å². The average Bonchev–Trinajstić information content (AvgIpc) is 3.20. The van der Waals surface area contributed by atoms with Crippen molar-refractivity contribution in [2.24, 2.45) is 0 Å². The Morgan fingerprint density at radius 2 is 1.83 bits per heavy atom. The van der Waals surface area contributed by atoms with Crippen molar-refractivity contribution in [2.75, 3.05) is 19.5 Å². The number of hydrogen-bond acceptors (Lipinski definition) is 6. The SMILES string of the molecule is COc1ccccc1-c1csc(NC(=O)/C=C/c2cccc(OC)c2OC(F)F)n1. The highest BCUT2D eigenvalue weighted by Crippen LogP contribution is 2.34. The Kier molecular flexibility index (Phi) is 6.97. The zero-order valence-corrected chi connectivity index (χ0v) is 16.9. The topological polar surface area (TPSA) is 69.7 Å². The third-order valence-corrected chi connectivity index (χ3v) is 4.73. The van der Waals surface area contributed by atoms with Crippen molar-refractivity contribution in [3.8, 4) is 28.5 Å². The van der Waals surface area contributed by atoms with E-state index in [0.29, 0.717) is 16.6 Å². The summed E-state index contributed by atoms with van der Waals surface area (Å²) >= 11 is 1.25. The van der Waals surface area contributed by atoms with Gasteiger partial charge < -0.3 is 14.2 Å². The molecule has 6 nitrogen and oxygen atoms in total. The van der Waals surface area contributed by atoms with E-state index in [-0.39, 0.29) is 17.1 Å². The van der Waals surface area contributed by atoms with Crippen LogP contribution >= 0.6 is 11.3 Å². The number of methoxy groups -OCH3 is 2. The van der Waals surface area contributed by atoms with Crippen molar-refractivity contribution in [3.05, 3.63) is 59.5 Å². The Hall–Kier alpha value is -3.46. The molecule has 2 aromatic carbocycles. The zero-order chi connectivity index (χ0) is 21.5. The summed E-state index contributed by atoms with van der Waals surface area (Å²) in [5.74, 6) is 0.192. The van der Waals surface area contributed by atoms with Crippen molar-refractivity contribution >= 4 is 28.5 Å². The minimum Gasteiger partial charge on any atom is -0.496 e. The molecule has 1 aromatic heterocycles. The van der Waals surface area contributed by atoms with E-state index in [1.807, 2.05) is 24.3 Å². The van der Waals surface area contributed by atoms with E-state index in [9.17, 15) is 13.6 Å². The van der Waals surface area contributed by atoms with E-state index < -0.39 is 12.5 Å². The van der Waals surface area contributed by atoms with Crippen LogP contribution in [0.5, 0.6) is 17.2 Å². The smallest absolute Gasteiger partial charge is 0.387 e. The quantitative estimate of drug-likeness (QED) is 0.503. The molecule has 30 heavy (non-hydrogen) atoms. The molecule has 1 N–H and O–H groups in total. The molecule has 0 radical (unpaired) electrons. The molecule has 1 heterocycles. The number of anilines is 1. The first-order valence-electron chi connectivity index (χ1n) is 8.71. The van der Waals surface area contributed by atoms with E-state index in [2.05, 4.69) is 15.0 Å². The molecule has 0 aliphatic carbocycles. The molecule has 3 aromatic rings. The molecule has 156 valence electrons. The highest BCUT2D eigenvalue weighted by molar-refractivity contribution is 7.14. The molecule has 0 fully saturated rings. The summed E-state index contributed by atoms with van der Waals surface area (Å²) in [6.07, 6.45) is 2.57. The summed E-state index contributed by atoms with van der Waals surface area (Å²) in [6.45, 7) is -3.02. The molecule has 0 bridgehead atoms. The molecule has 0 saturated heterocycles. The lowest BCUT2D eigenvalue weighted by molar-refractivity contribution is -0.111. The normalized spacial score (nSPS) is 11.0. The van der Waals surface area contributed by atoms with Gasteiger partial charge in [0.15, 0.2) is 16.6 Å². The van der Waals surface area contributed by atoms with Crippen LogP contribution in [0.1, 0.15) is 5.56 Å². The van der Waals surface area contributed by atoms with Crippen LogP contribution in [0.25, 0.3) is 17.3 Å². The molecule has 0 spiro atoms. The highest BCUT2D eigenvalue weighted by Gasteiger charge is 2.14. The second-order valence-corrected chi connectivity index (χ2v) is 6.68. The maximum atomic E-state index is 12.7. The number of carbonyl (C=O) groups is 1. The van der Waals surface area contributed by atoms with Gasteiger partial charge in [-0.15, -0.1) is 11.3 Å². The maximum absolute atomic E-state index is 12.7. The van der Waals surface area contributed by atoms with E-state index in [0.717, 1.165) is 5.56 Å². The van der Waals surface area contributed by atoms with Crippen molar-refractivity contribution in [2.45, 2.75) is 6.61 Å². The molecule has 0 atom stereocenters. The predicted molar refractivity (Wildman–Crippen MR) is 111 cm³/mol. The van der Waals surface area contributed by atoms with Crippen LogP contribution in [-0.4, -0.2) is 31.7 Å². The minimum atomic E-state index is -3.02. The fraction of sp³-hybridized carbons (Fsp3) is 0.143. The first-order chi connectivity index (χ1) is 14.5. The molecule has 0 saturated carbocycles. The van der Waals surface area contributed by atoms with Crippen LogP contribution in [0, 0.1) is 0 Å². The largest absolute Gasteiger partial charge is 0.496 e. The summed E-state index contributed by atoms with van der Waals surface area (Å²) in [7, 11) is 2.92. The molecule has 1 amide bonds. The monoisotopic (exact) mass is 432 g/mol. The van der Waals surface area contributed by atoms with Gasteiger partial charge in [-0.2, -0.15) is 8.78 Å². The van der Waals surface area contributed by atoms with Gasteiger partial charge in [-0.3, -0.25) is 10.1 Å². The number of alkyl halides is 2. The third kappa shape index (κ3) is 5.12. The second-order valence-electron chi connectivity index (χ2n) is 5.82. The van der Waals surface area contributed by atoms with Crippen molar-refractivity contribution in [1.29, 1.82) is 0 Å². The van der Waals surface area contributed by atoms with Gasteiger partial charge in [-0.25, -0.2) is 4.98 Å². The first kappa shape index (κ1) is 21.3. The number of halogens is 2. The van der Waals surface area contributed by atoms with Crippen LogP contribution in [0.2, 0.25) is 0 Å². The number of nitrogens with zero attached hydrogens (tertiary/aromatic N) is 1. The summed E-state index contributed by atoms with van der Waals surface area (Å²) in [4.78, 5) is 16.7. The predicted octanol–water partition coefficient (Wildman–Crippen LogP) is 5.08. The molecule has 9 heteroatoms. The van der Waals surface area contributed by atoms with Gasteiger partial charge in [-0.1, -0.05) is 24.3 Å². The molecular weight excluding hydrogens is 414 g/mol. The molecule has 0 unspecified atom stereocenters. The Bertz CT molecular complexity index is 1050. The van der Waals surface area contributed by atoms with Crippen LogP contribution in [-0.2, 0) is 4.79 Å². The lowest BCUT2D eigenvalue weighted by atomic mass is 10.1. The summed E-state index contributed by atoms with van der Waals surface area (Å²) < 4.78 is 40.3. The number of aromatic nitrogens is 1. The zero-order valence-electron chi connectivity index (χ0n) is 16.1. The van der Waals surface area contributed by atoms with Crippen LogP contribution in [0.15, 0.2) is 53.9 Å². The lowest BCUT2D eigenvalue weighted by Crippen LogP contribution is -2.08. The number of hydrogen-bond donors (Lipinski definition) is 1. The van der Waals surface area contributed by atoms with E-state index in [4.69, 9.17) is 9.47 Å². The average molecular weight is 432 g/mol. The van der Waals surface area contributed by atoms with Crippen LogP contribution in [0.4, 0.5) is 13.9 Å². The Morgan fingerprint density at radius 1 is 1.10 bits per heavy atom. The summed E-state index contributed by atoms with van der Waals surface area (Å²) in [5, 5.41) is 4.84. The Labute approximate surface area is 175 Å². The van der Waals surface area contributed by atoms with Crippen molar-refractivity contribution in [1.82, 2.24) is 4.98 Å². The van der Waals surface area contributed by atoms with Gasteiger partial charge >= 0.3 is 6.61 Å². The van der Waals surface area contributed by atoms with Gasteiger partial charge in [0.05, 0.1) is 19.9 Å². The molecule has 3 rings (SSSR count). The summed E-state index contributed by atoms with van der Waals surface area (Å²) in [5.41, 5.74) is 1.74. The molecular formula is C21H18F2N2O4S. The van der Waals surface area contributed by atoms with Crippen LogP contribution in [0.3, 0.4) is 0 Å². The van der Waals surface area contributed by atoms with Gasteiger partial charge in [0.25, 0.3) is 0 Å². The maximum Gasteiger partial charge on any atom is 0.387 e. The van der Waals surface area contributed by atoms with E-state index in [1.54, 1.807) is 18.6 Å². The highest BCUT2D eigenvalue weighted by atomic mass is 32.1. The summed E-state index contributed by atoms with van der Waals surface area (Å²) in [6, 6.07) is 12.0. The van der Waals surface area contributed by atoms with Crippen molar-refractivity contribution in [3.63, 3.8) is 0 Å². The number of carbonyl (C=O) groups excluding carboxylic acids is 1. The number of benzene rings is 2. The minimum absolute atomic E-state index is 0.138. The third-order valence-electron chi connectivity index (χ3n) is 3.97. The number of thiazole rings is 1. The fourth-order valence-corrected chi connectivity index (χ4v) is 3.38. The number of amides is 1. The molecule has 0 aliphatic rings. The second kappa shape index (κ2) is 9.84. The van der Waals surface area contributed by atoms with E-state index >= 15 is 0 Å². The first-order valence-corrected chi connectivity index (χ1v) is 9.59. The standard InChI is InChI=1S/C21H18F2N2O4S/c1-27-16-8-4-3-7-14(16)15-12-30-21(24-15)25-18(26)11-10-13-6-5-9-17(28-2)19(13)29-20(22)23/h3-12,20H,1-2H3,(H,24,25,26)/b11-10+. The van der Waals surface area contributed by atoms with Crippen molar-refractivity contribution < 1.29 is 27.8 Å². The van der Waals surface area contributed by atoms with Crippen LogP contribution < -0.4 is 19.5 Å².